The molecule has 6 heteroatoms. The van der Waals surface area contributed by atoms with Gasteiger partial charge in [0.1, 0.15) is 6.07 Å². The number of para-hydroxylation sites is 1. The third-order valence-corrected chi connectivity index (χ3v) is 4.89. The molecule has 0 radical (unpaired) electrons. The van der Waals surface area contributed by atoms with E-state index in [0.29, 0.717) is 5.69 Å². The van der Waals surface area contributed by atoms with Crippen LogP contribution < -0.4 is 5.32 Å². The number of benzene rings is 2. The molecule has 1 N–H and O–H groups in total. The van der Waals surface area contributed by atoms with Crippen LogP contribution in [0.25, 0.3) is 0 Å². The number of hydrogen-bond donors (Lipinski definition) is 2. The molecule has 0 saturated carbocycles. The number of nitrogens with one attached hydrogen (secondary N) is 1. The molecule has 0 amide bonds. The Hall–Kier alpha value is -2.23. The average Bonchev–Trinajstić information content (AvgIpc) is 2.49. The van der Waals surface area contributed by atoms with Crippen molar-refractivity contribution in [1.29, 1.82) is 5.26 Å². The van der Waals surface area contributed by atoms with Crippen LogP contribution in [0.5, 0.6) is 0 Å². The lowest BCUT2D eigenvalue weighted by atomic mass is 10.3. The van der Waals surface area contributed by atoms with Crippen LogP contribution in [0.3, 0.4) is 0 Å². The summed E-state index contributed by atoms with van der Waals surface area (Å²) in [5.74, 6) is 0. The zero-order chi connectivity index (χ0) is 15.3. The van der Waals surface area contributed by atoms with Crippen molar-refractivity contribution in [2.24, 2.45) is 0 Å². The summed E-state index contributed by atoms with van der Waals surface area (Å²) in [6.45, 7) is 0. The minimum atomic E-state index is -3.89. The Kier molecular flexibility index (Phi) is 4.68. The maximum atomic E-state index is 12.4. The lowest BCUT2D eigenvalue weighted by molar-refractivity contribution is 0.603. The predicted molar refractivity (Wildman–Crippen MR) is 85.3 cm³/mol. The number of thiol groups is 1. The number of rotatable bonds is 4. The van der Waals surface area contributed by atoms with E-state index in [9.17, 15) is 13.7 Å². The first-order chi connectivity index (χ1) is 10.1. The monoisotopic (exact) mass is 316 g/mol. The van der Waals surface area contributed by atoms with Crippen molar-refractivity contribution >= 4 is 28.2 Å². The van der Waals surface area contributed by atoms with Gasteiger partial charge in [-0.2, -0.15) is 5.26 Å². The molecule has 21 heavy (non-hydrogen) atoms. The molecule has 0 aliphatic carbocycles. The van der Waals surface area contributed by atoms with Gasteiger partial charge in [-0.05, 0) is 24.3 Å². The van der Waals surface area contributed by atoms with Gasteiger partial charge in [0.05, 0.1) is 9.92 Å². The molecule has 2 aromatic carbocycles. The first-order valence-corrected chi connectivity index (χ1v) is 7.94. The van der Waals surface area contributed by atoms with Crippen molar-refractivity contribution in [1.82, 2.24) is 0 Å². The summed E-state index contributed by atoms with van der Waals surface area (Å²) in [5, 5.41) is 12.0. The maximum Gasteiger partial charge on any atom is 0.219 e. The minimum Gasteiger partial charge on any atom is -0.349 e. The first-order valence-electron chi connectivity index (χ1n) is 6.01. The largest absolute Gasteiger partial charge is 0.349 e. The van der Waals surface area contributed by atoms with Gasteiger partial charge in [0.25, 0.3) is 0 Å². The molecule has 0 unspecified atom stereocenters. The Bertz CT molecular complexity index is 793. The van der Waals surface area contributed by atoms with Crippen LogP contribution in [0.4, 0.5) is 5.69 Å². The van der Waals surface area contributed by atoms with Crippen molar-refractivity contribution in [2.75, 3.05) is 5.32 Å². The molecule has 0 aliphatic heterocycles. The summed E-state index contributed by atoms with van der Waals surface area (Å²) in [4.78, 5) is -0.358. The molecule has 2 rings (SSSR count). The molecule has 2 aromatic rings. The summed E-state index contributed by atoms with van der Waals surface area (Å²) in [6.07, 6.45) is 0. The summed E-state index contributed by atoms with van der Waals surface area (Å²) in [7, 11) is -3.89. The minimum absolute atomic E-state index is 0.00690. The first kappa shape index (κ1) is 15.2. The van der Waals surface area contributed by atoms with Crippen molar-refractivity contribution in [2.45, 2.75) is 4.90 Å². The average molecular weight is 316 g/mol. The molecule has 4 nitrogen and oxygen atoms in total. The molecule has 0 saturated heterocycles. The van der Waals surface area contributed by atoms with E-state index in [2.05, 4.69) is 17.9 Å². The predicted octanol–water partition coefficient (Wildman–Crippen LogP) is 3.19. The highest BCUT2D eigenvalue weighted by atomic mass is 32.2. The number of nitriles is 1. The zero-order valence-electron chi connectivity index (χ0n) is 10.9. The summed E-state index contributed by atoms with van der Waals surface area (Å²) >= 11 is 4.13. The van der Waals surface area contributed by atoms with Crippen LogP contribution in [0.1, 0.15) is 0 Å². The molecule has 0 fully saturated rings. The second kappa shape index (κ2) is 6.48. The van der Waals surface area contributed by atoms with E-state index in [1.54, 1.807) is 48.5 Å². The van der Waals surface area contributed by atoms with Gasteiger partial charge >= 0.3 is 0 Å². The standard InChI is InChI=1S/C15H12N2O2S2/c16-11-14(15(20)17-12-7-3-1-4-8-12)21(18,19)13-9-5-2-6-10-13/h1-10,17,20H. The number of anilines is 1. The van der Waals surface area contributed by atoms with Gasteiger partial charge in [-0.25, -0.2) is 8.42 Å². The highest BCUT2D eigenvalue weighted by Gasteiger charge is 2.23. The highest BCUT2D eigenvalue weighted by molar-refractivity contribution is 7.96. The van der Waals surface area contributed by atoms with Crippen molar-refractivity contribution in [3.8, 4) is 6.07 Å². The Morgan fingerprint density at radius 2 is 1.52 bits per heavy atom. The topological polar surface area (TPSA) is 70.0 Å². The number of sulfone groups is 1. The summed E-state index contributed by atoms with van der Waals surface area (Å²) in [5.41, 5.74) is 0.651. The van der Waals surface area contributed by atoms with E-state index in [1.807, 2.05) is 6.07 Å². The van der Waals surface area contributed by atoms with Gasteiger partial charge in [0, 0.05) is 5.69 Å². The summed E-state index contributed by atoms with van der Waals surface area (Å²) < 4.78 is 24.9. The van der Waals surface area contributed by atoms with Crippen LogP contribution in [0.2, 0.25) is 0 Å². The van der Waals surface area contributed by atoms with E-state index < -0.39 is 14.7 Å². The highest BCUT2D eigenvalue weighted by Crippen LogP contribution is 2.24. The quantitative estimate of drug-likeness (QED) is 0.671. The molecule has 0 bridgehead atoms. The SMILES string of the molecule is N#CC(=C(S)Nc1ccccc1)S(=O)(=O)c1ccccc1. The van der Waals surface area contributed by atoms with Crippen molar-refractivity contribution in [3.63, 3.8) is 0 Å². The van der Waals surface area contributed by atoms with Gasteiger partial charge in [-0.3, -0.25) is 0 Å². The van der Waals surface area contributed by atoms with Crippen LogP contribution in [0.15, 0.2) is 75.5 Å². The van der Waals surface area contributed by atoms with E-state index >= 15 is 0 Å². The van der Waals surface area contributed by atoms with Gasteiger partial charge < -0.3 is 5.32 Å². The second-order valence-electron chi connectivity index (χ2n) is 4.10. The Morgan fingerprint density at radius 1 is 1.00 bits per heavy atom. The third-order valence-electron chi connectivity index (χ3n) is 2.68. The summed E-state index contributed by atoms with van der Waals surface area (Å²) in [6, 6.07) is 18.4. The van der Waals surface area contributed by atoms with Crippen LogP contribution in [-0.4, -0.2) is 8.42 Å². The Labute approximate surface area is 129 Å². The Morgan fingerprint density at radius 3 is 2.05 bits per heavy atom. The zero-order valence-corrected chi connectivity index (χ0v) is 12.6. The number of hydrogen-bond acceptors (Lipinski definition) is 5. The molecule has 106 valence electrons. The van der Waals surface area contributed by atoms with E-state index in [1.165, 1.54) is 12.1 Å². The lowest BCUT2D eigenvalue weighted by Crippen LogP contribution is -2.08. The molecule has 0 aliphatic rings. The van der Waals surface area contributed by atoms with Crippen molar-refractivity contribution < 1.29 is 8.42 Å². The van der Waals surface area contributed by atoms with Gasteiger partial charge in [-0.1, -0.05) is 36.4 Å². The van der Waals surface area contributed by atoms with Crippen LogP contribution in [0, 0.1) is 11.3 Å². The lowest BCUT2D eigenvalue weighted by Gasteiger charge is -2.09. The normalized spacial score (nSPS) is 12.2. The molecular formula is C15H12N2O2S2. The maximum absolute atomic E-state index is 12.4. The molecule has 0 atom stereocenters. The van der Waals surface area contributed by atoms with E-state index in [-0.39, 0.29) is 9.92 Å². The molecule has 0 heterocycles. The molecular weight excluding hydrogens is 304 g/mol. The fourth-order valence-electron chi connectivity index (χ4n) is 1.67. The van der Waals surface area contributed by atoms with Crippen LogP contribution in [-0.2, 0) is 9.84 Å². The van der Waals surface area contributed by atoms with Gasteiger partial charge in [0.15, 0.2) is 4.91 Å². The van der Waals surface area contributed by atoms with Crippen LogP contribution >= 0.6 is 12.6 Å². The van der Waals surface area contributed by atoms with E-state index in [0.717, 1.165) is 0 Å². The smallest absolute Gasteiger partial charge is 0.219 e. The molecule has 0 aromatic heterocycles. The van der Waals surface area contributed by atoms with Gasteiger partial charge in [-0.15, -0.1) is 12.6 Å². The van der Waals surface area contributed by atoms with Gasteiger partial charge in [0.2, 0.25) is 9.84 Å². The fourth-order valence-corrected chi connectivity index (χ4v) is 3.39. The number of allylic oxidation sites excluding steroid dienone is 1. The number of nitrogens with zero attached hydrogens (tertiary/aromatic N) is 1. The fraction of sp³-hybridized carbons (Fsp3) is 0. The van der Waals surface area contributed by atoms with Crippen molar-refractivity contribution in [3.05, 3.63) is 70.6 Å². The Balaban J connectivity index is 2.44. The second-order valence-corrected chi connectivity index (χ2v) is 6.43. The molecule has 0 spiro atoms. The third kappa shape index (κ3) is 3.45. The van der Waals surface area contributed by atoms with E-state index in [4.69, 9.17) is 0 Å².